The fraction of sp³-hybridized carbons (Fsp3) is 0.368. The van der Waals surface area contributed by atoms with Gasteiger partial charge in [0.1, 0.15) is 0 Å². The molecule has 0 N–H and O–H groups in total. The summed E-state index contributed by atoms with van der Waals surface area (Å²) in [5.74, 6) is 0. The lowest BCUT2D eigenvalue weighted by Gasteiger charge is -2.24. The molecular formula is C19H23ClS. The van der Waals surface area contributed by atoms with Crippen molar-refractivity contribution in [3.8, 4) is 0 Å². The van der Waals surface area contributed by atoms with E-state index in [4.69, 9.17) is 11.6 Å². The Morgan fingerprint density at radius 3 is 2.24 bits per heavy atom. The van der Waals surface area contributed by atoms with Gasteiger partial charge < -0.3 is 0 Å². The van der Waals surface area contributed by atoms with Crippen molar-refractivity contribution in [2.45, 2.75) is 42.9 Å². The van der Waals surface area contributed by atoms with Crippen molar-refractivity contribution in [2.24, 2.45) is 0 Å². The predicted molar refractivity (Wildman–Crippen MR) is 95.7 cm³/mol. The smallest absolute Gasteiger partial charge is 0.0846 e. The summed E-state index contributed by atoms with van der Waals surface area (Å²) in [6.45, 7) is 6.79. The molecule has 0 amide bonds. The van der Waals surface area contributed by atoms with E-state index < -0.39 is 0 Å². The third-order valence-electron chi connectivity index (χ3n) is 4.28. The first kappa shape index (κ1) is 16.5. The first-order valence-corrected chi connectivity index (χ1v) is 9.03. The molecule has 0 aromatic heterocycles. The van der Waals surface area contributed by atoms with Gasteiger partial charge in [0.25, 0.3) is 0 Å². The second-order valence-corrected chi connectivity index (χ2v) is 7.25. The van der Waals surface area contributed by atoms with Crippen LogP contribution in [-0.4, -0.2) is 6.26 Å². The molecule has 0 fully saturated rings. The largest absolute Gasteiger partial charge is 0.129 e. The van der Waals surface area contributed by atoms with Crippen LogP contribution in [0.3, 0.4) is 0 Å². The molecule has 0 heterocycles. The van der Waals surface area contributed by atoms with E-state index >= 15 is 0 Å². The van der Waals surface area contributed by atoms with Crippen LogP contribution in [0.2, 0.25) is 0 Å². The van der Waals surface area contributed by atoms with Crippen molar-refractivity contribution >= 4 is 23.4 Å². The lowest BCUT2D eigenvalue weighted by Crippen LogP contribution is -2.15. The van der Waals surface area contributed by atoms with E-state index in [1.165, 1.54) is 16.0 Å². The third-order valence-corrected chi connectivity index (χ3v) is 5.58. The molecule has 2 aromatic carbocycles. The van der Waals surface area contributed by atoms with E-state index in [1.54, 1.807) is 11.8 Å². The highest BCUT2D eigenvalue weighted by Crippen LogP contribution is 2.36. The van der Waals surface area contributed by atoms with E-state index in [0.29, 0.717) is 0 Å². The molecule has 2 rings (SSSR count). The zero-order valence-electron chi connectivity index (χ0n) is 13.2. The molecule has 0 aliphatic heterocycles. The van der Waals surface area contributed by atoms with Crippen molar-refractivity contribution in [1.29, 1.82) is 0 Å². The summed E-state index contributed by atoms with van der Waals surface area (Å²) in [6, 6.07) is 17.1. The SMILES string of the molecule is CCC(C)(C)c1ccc(C(Cl)c2ccccc2SC)cc1. The number of benzene rings is 2. The van der Waals surface area contributed by atoms with E-state index in [2.05, 4.69) is 75.6 Å². The van der Waals surface area contributed by atoms with Gasteiger partial charge in [-0.15, -0.1) is 23.4 Å². The molecule has 2 aromatic rings. The molecule has 0 aliphatic carbocycles. The Labute approximate surface area is 137 Å². The van der Waals surface area contributed by atoms with Gasteiger partial charge in [0.15, 0.2) is 0 Å². The first-order valence-electron chi connectivity index (χ1n) is 7.37. The molecular weight excluding hydrogens is 296 g/mol. The van der Waals surface area contributed by atoms with Gasteiger partial charge in [-0.05, 0) is 40.8 Å². The topological polar surface area (TPSA) is 0 Å². The standard InChI is InChI=1S/C19H23ClS/c1-5-19(2,3)15-12-10-14(11-13-15)18(20)16-8-6-7-9-17(16)21-4/h6-13,18H,5H2,1-4H3. The quantitative estimate of drug-likeness (QED) is 0.452. The molecule has 0 saturated heterocycles. The van der Waals surface area contributed by atoms with Gasteiger partial charge in [-0.2, -0.15) is 0 Å². The molecule has 21 heavy (non-hydrogen) atoms. The van der Waals surface area contributed by atoms with E-state index in [9.17, 15) is 0 Å². The first-order chi connectivity index (χ1) is 9.99. The summed E-state index contributed by atoms with van der Waals surface area (Å²) < 4.78 is 0. The van der Waals surface area contributed by atoms with Crippen molar-refractivity contribution in [2.75, 3.05) is 6.26 Å². The average Bonchev–Trinajstić information content (AvgIpc) is 2.54. The molecule has 0 nitrogen and oxygen atoms in total. The van der Waals surface area contributed by atoms with Crippen molar-refractivity contribution in [1.82, 2.24) is 0 Å². The number of alkyl halides is 1. The molecule has 0 aliphatic rings. The second kappa shape index (κ2) is 6.89. The Kier molecular flexibility index (Phi) is 5.40. The van der Waals surface area contributed by atoms with Crippen LogP contribution < -0.4 is 0 Å². The molecule has 2 heteroatoms. The van der Waals surface area contributed by atoms with Crippen LogP contribution in [0.1, 0.15) is 49.3 Å². The minimum Gasteiger partial charge on any atom is -0.129 e. The molecule has 0 saturated carbocycles. The molecule has 112 valence electrons. The molecule has 0 bridgehead atoms. The molecule has 1 atom stereocenters. The summed E-state index contributed by atoms with van der Waals surface area (Å²) >= 11 is 8.45. The van der Waals surface area contributed by atoms with Gasteiger partial charge in [-0.3, -0.25) is 0 Å². The maximum Gasteiger partial charge on any atom is 0.0846 e. The van der Waals surface area contributed by atoms with Gasteiger partial charge >= 0.3 is 0 Å². The highest BCUT2D eigenvalue weighted by molar-refractivity contribution is 7.98. The summed E-state index contributed by atoms with van der Waals surface area (Å²) in [7, 11) is 0. The van der Waals surface area contributed by atoms with Gasteiger partial charge in [0.05, 0.1) is 5.38 Å². The van der Waals surface area contributed by atoms with E-state index in [1.807, 2.05) is 0 Å². The van der Waals surface area contributed by atoms with Crippen LogP contribution in [0.25, 0.3) is 0 Å². The van der Waals surface area contributed by atoms with Crippen LogP contribution in [-0.2, 0) is 5.41 Å². The molecule has 1 unspecified atom stereocenters. The monoisotopic (exact) mass is 318 g/mol. The van der Waals surface area contributed by atoms with E-state index in [-0.39, 0.29) is 10.8 Å². The van der Waals surface area contributed by atoms with Crippen LogP contribution >= 0.6 is 23.4 Å². The summed E-state index contributed by atoms with van der Waals surface area (Å²) in [5, 5.41) is -0.0903. The minimum atomic E-state index is -0.0903. The molecule has 0 spiro atoms. The maximum atomic E-state index is 6.70. The lowest BCUT2D eigenvalue weighted by atomic mass is 9.82. The fourth-order valence-electron chi connectivity index (χ4n) is 2.36. The van der Waals surface area contributed by atoms with E-state index in [0.717, 1.165) is 12.0 Å². The second-order valence-electron chi connectivity index (χ2n) is 5.96. The lowest BCUT2D eigenvalue weighted by molar-refractivity contribution is 0.506. The van der Waals surface area contributed by atoms with Gasteiger partial charge in [-0.25, -0.2) is 0 Å². The Hall–Kier alpha value is -0.920. The Morgan fingerprint density at radius 1 is 1.05 bits per heavy atom. The summed E-state index contributed by atoms with van der Waals surface area (Å²) in [4.78, 5) is 1.25. The normalized spacial score (nSPS) is 13.2. The summed E-state index contributed by atoms with van der Waals surface area (Å²) in [6.07, 6.45) is 3.22. The number of hydrogen-bond acceptors (Lipinski definition) is 1. The van der Waals surface area contributed by atoms with Crippen LogP contribution in [0.5, 0.6) is 0 Å². The number of rotatable bonds is 5. The van der Waals surface area contributed by atoms with Crippen LogP contribution in [0.15, 0.2) is 53.4 Å². The Morgan fingerprint density at radius 2 is 1.67 bits per heavy atom. The minimum absolute atomic E-state index is 0.0903. The van der Waals surface area contributed by atoms with Crippen LogP contribution in [0.4, 0.5) is 0 Å². The average molecular weight is 319 g/mol. The maximum absolute atomic E-state index is 6.70. The summed E-state index contributed by atoms with van der Waals surface area (Å²) in [5.41, 5.74) is 3.94. The van der Waals surface area contributed by atoms with Gasteiger partial charge in [0, 0.05) is 4.90 Å². The zero-order valence-corrected chi connectivity index (χ0v) is 14.8. The number of halogens is 1. The Bertz CT molecular complexity index is 587. The molecule has 0 radical (unpaired) electrons. The number of thioether (sulfide) groups is 1. The van der Waals surface area contributed by atoms with Crippen molar-refractivity contribution < 1.29 is 0 Å². The third kappa shape index (κ3) is 3.64. The number of hydrogen-bond donors (Lipinski definition) is 0. The van der Waals surface area contributed by atoms with Crippen molar-refractivity contribution in [3.63, 3.8) is 0 Å². The van der Waals surface area contributed by atoms with Crippen molar-refractivity contribution in [3.05, 3.63) is 65.2 Å². The fourth-order valence-corrected chi connectivity index (χ4v) is 3.40. The highest BCUT2D eigenvalue weighted by Gasteiger charge is 2.19. The predicted octanol–water partition coefficient (Wildman–Crippen LogP) is 6.42. The zero-order chi connectivity index (χ0) is 15.5. The van der Waals surface area contributed by atoms with Crippen LogP contribution in [0, 0.1) is 0 Å². The Balaban J connectivity index is 2.30. The van der Waals surface area contributed by atoms with Gasteiger partial charge in [0.2, 0.25) is 0 Å². The van der Waals surface area contributed by atoms with Gasteiger partial charge in [-0.1, -0.05) is 63.2 Å². The highest BCUT2D eigenvalue weighted by atomic mass is 35.5.